The molecule has 0 radical (unpaired) electrons. The number of halogens is 5. The Bertz CT molecular complexity index is 306. The van der Waals surface area contributed by atoms with Crippen molar-refractivity contribution in [2.75, 3.05) is 0 Å². The summed E-state index contributed by atoms with van der Waals surface area (Å²) in [7, 11) is 0. The van der Waals surface area contributed by atoms with Gasteiger partial charge >= 0.3 is 0 Å². The third-order valence-electron chi connectivity index (χ3n) is 1.15. The quantitative estimate of drug-likeness (QED) is 0.501. The van der Waals surface area contributed by atoms with Crippen molar-refractivity contribution in [3.8, 4) is 0 Å². The van der Waals surface area contributed by atoms with Gasteiger partial charge in [-0.2, -0.15) is 0 Å². The molecule has 0 atom stereocenters. The van der Waals surface area contributed by atoms with Gasteiger partial charge in [0, 0.05) is 0 Å². The second-order valence-corrected chi connectivity index (χ2v) is 4.39. The second kappa shape index (κ2) is 4.32. The van der Waals surface area contributed by atoms with E-state index in [-0.39, 0.29) is 10.6 Å². The minimum atomic E-state index is -2.51. The van der Waals surface area contributed by atoms with Crippen LogP contribution in [0.5, 0.6) is 0 Å². The van der Waals surface area contributed by atoms with Crippen LogP contribution in [-0.4, -0.2) is 4.98 Å². The van der Waals surface area contributed by atoms with Crippen molar-refractivity contribution >= 4 is 56.8 Å². The van der Waals surface area contributed by atoms with Crippen LogP contribution in [0.2, 0.25) is 5.02 Å². The van der Waals surface area contributed by atoms with Gasteiger partial charge in [-0.15, -0.1) is 0 Å². The molecule has 0 aliphatic rings. The van der Waals surface area contributed by atoms with E-state index in [0.717, 1.165) is 0 Å². The van der Waals surface area contributed by atoms with E-state index in [4.69, 9.17) is 11.6 Å². The molecule has 0 bridgehead atoms. The van der Waals surface area contributed by atoms with E-state index in [1.54, 1.807) is 22.6 Å². The molecule has 1 nitrogen and oxygen atoms in total. The van der Waals surface area contributed by atoms with Crippen molar-refractivity contribution in [2.24, 2.45) is 0 Å². The van der Waals surface area contributed by atoms with Crippen LogP contribution in [0.25, 0.3) is 0 Å². The molecule has 1 rings (SSSR count). The molecule has 0 fully saturated rings. The lowest BCUT2D eigenvalue weighted by atomic mass is 10.3. The van der Waals surface area contributed by atoms with Crippen LogP contribution in [0, 0.1) is 7.40 Å². The van der Waals surface area contributed by atoms with Gasteiger partial charge in [-0.1, -0.05) is 11.6 Å². The summed E-state index contributed by atoms with van der Waals surface area (Å²) < 4.78 is 25.3. The van der Waals surface area contributed by atoms with Gasteiger partial charge < -0.3 is 0 Å². The molecule has 0 aliphatic carbocycles. The van der Waals surface area contributed by atoms with E-state index in [1.807, 2.05) is 22.6 Å². The molecule has 0 saturated carbocycles. The van der Waals surface area contributed by atoms with Crippen LogP contribution >= 0.6 is 56.8 Å². The predicted octanol–water partition coefficient (Wildman–Crippen LogP) is 3.88. The van der Waals surface area contributed by atoms with E-state index < -0.39 is 6.43 Å². The highest BCUT2D eigenvalue weighted by Gasteiger charge is 2.14. The number of aromatic nitrogens is 1. The maximum absolute atomic E-state index is 12.2. The van der Waals surface area contributed by atoms with Gasteiger partial charge in [0.15, 0.2) is 0 Å². The van der Waals surface area contributed by atoms with Crippen molar-refractivity contribution in [1.29, 1.82) is 0 Å². The Morgan fingerprint density at radius 1 is 1.33 bits per heavy atom. The monoisotopic (exact) mass is 415 g/mol. The van der Waals surface area contributed by atoms with E-state index in [2.05, 4.69) is 4.98 Å². The van der Waals surface area contributed by atoms with Crippen molar-refractivity contribution in [2.45, 2.75) is 6.43 Å². The Balaban J connectivity index is 3.23. The fraction of sp³-hybridized carbons (Fsp3) is 0.167. The first-order valence-electron chi connectivity index (χ1n) is 2.82. The highest BCUT2D eigenvalue weighted by Crippen LogP contribution is 2.28. The van der Waals surface area contributed by atoms with Crippen LogP contribution in [-0.2, 0) is 0 Å². The molecule has 1 heterocycles. The van der Waals surface area contributed by atoms with Crippen LogP contribution in [0.1, 0.15) is 12.0 Å². The summed E-state index contributed by atoms with van der Waals surface area (Å²) in [5.74, 6) is 0. The predicted molar refractivity (Wildman–Crippen MR) is 59.6 cm³/mol. The number of nitrogens with zero attached hydrogens (tertiary/aromatic N) is 1. The maximum Gasteiger partial charge on any atom is 0.266 e. The smallest absolute Gasteiger partial charge is 0.234 e. The molecule has 12 heavy (non-hydrogen) atoms. The first-order valence-corrected chi connectivity index (χ1v) is 5.35. The molecule has 0 saturated heterocycles. The summed E-state index contributed by atoms with van der Waals surface area (Å²) in [6.07, 6.45) is -2.51. The number of pyridine rings is 1. The summed E-state index contributed by atoms with van der Waals surface area (Å²) in [5.41, 5.74) is -0.110. The summed E-state index contributed by atoms with van der Waals surface area (Å²) >= 11 is 9.28. The van der Waals surface area contributed by atoms with E-state index >= 15 is 0 Å². The number of alkyl halides is 2. The van der Waals surface area contributed by atoms with Gasteiger partial charge in [0.1, 0.15) is 7.40 Å². The molecule has 0 amide bonds. The Morgan fingerprint density at radius 2 is 1.92 bits per heavy atom. The largest absolute Gasteiger partial charge is 0.266 e. The number of hydrogen-bond acceptors (Lipinski definition) is 1. The van der Waals surface area contributed by atoms with Gasteiger partial charge in [0.2, 0.25) is 0 Å². The minimum Gasteiger partial charge on any atom is -0.234 e. The maximum atomic E-state index is 12.2. The average Bonchev–Trinajstić information content (AvgIpc) is 1.96. The molecule has 0 unspecified atom stereocenters. The Hall–Kier alpha value is 0.760. The zero-order valence-electron chi connectivity index (χ0n) is 5.49. The van der Waals surface area contributed by atoms with Gasteiger partial charge in [-0.3, -0.25) is 0 Å². The van der Waals surface area contributed by atoms with E-state index in [0.29, 0.717) is 7.40 Å². The van der Waals surface area contributed by atoms with Crippen LogP contribution in [0.3, 0.4) is 0 Å². The van der Waals surface area contributed by atoms with Gasteiger partial charge in [0.25, 0.3) is 6.43 Å². The number of hydrogen-bond donors (Lipinski definition) is 0. The fourth-order valence-corrected chi connectivity index (χ4v) is 2.26. The molecule has 66 valence electrons. The van der Waals surface area contributed by atoms with Gasteiger partial charge in [0.05, 0.1) is 10.6 Å². The summed E-state index contributed by atoms with van der Waals surface area (Å²) in [5, 5.41) is 0.270. The third kappa shape index (κ3) is 2.38. The molecular formula is C6H2ClF2I2N. The summed E-state index contributed by atoms with van der Waals surface area (Å²) in [6, 6.07) is 1.25. The highest BCUT2D eigenvalue weighted by atomic mass is 127. The minimum absolute atomic E-state index is 0.110. The van der Waals surface area contributed by atoms with Crippen LogP contribution in [0.4, 0.5) is 8.78 Å². The Kier molecular flexibility index (Phi) is 3.90. The lowest BCUT2D eigenvalue weighted by Gasteiger charge is -2.03. The van der Waals surface area contributed by atoms with Crippen molar-refractivity contribution in [3.05, 3.63) is 24.1 Å². The van der Waals surface area contributed by atoms with E-state index in [1.165, 1.54) is 6.07 Å². The molecule has 1 aromatic rings. The lowest BCUT2D eigenvalue weighted by molar-refractivity contribution is 0.150. The van der Waals surface area contributed by atoms with Gasteiger partial charge in [-0.05, 0) is 51.2 Å². The molecule has 6 heteroatoms. The first kappa shape index (κ1) is 10.8. The standard InChI is InChI=1S/C6H2ClF2I2N/c7-3-1-2(4(8)9)5(10)12-6(3)11/h1,4H. The molecule has 0 aliphatic heterocycles. The SMILES string of the molecule is FC(F)c1cc(Cl)c(I)nc1I. The van der Waals surface area contributed by atoms with E-state index in [9.17, 15) is 8.78 Å². The fourth-order valence-electron chi connectivity index (χ4n) is 0.613. The molecule has 0 N–H and O–H groups in total. The third-order valence-corrected chi connectivity index (χ3v) is 3.44. The first-order chi connectivity index (χ1) is 5.52. The number of rotatable bonds is 1. The molecular weight excluding hydrogens is 413 g/mol. The Labute approximate surface area is 100 Å². The van der Waals surface area contributed by atoms with Gasteiger partial charge in [-0.25, -0.2) is 13.8 Å². The van der Waals surface area contributed by atoms with Crippen molar-refractivity contribution in [1.82, 2.24) is 4.98 Å². The summed E-state index contributed by atoms with van der Waals surface area (Å²) in [6.45, 7) is 0. The summed E-state index contributed by atoms with van der Waals surface area (Å²) in [4.78, 5) is 3.86. The molecule has 0 aromatic carbocycles. The van der Waals surface area contributed by atoms with Crippen molar-refractivity contribution < 1.29 is 8.78 Å². The Morgan fingerprint density at radius 3 is 2.42 bits per heavy atom. The van der Waals surface area contributed by atoms with Crippen LogP contribution < -0.4 is 0 Å². The van der Waals surface area contributed by atoms with Crippen molar-refractivity contribution in [3.63, 3.8) is 0 Å². The zero-order chi connectivity index (χ0) is 9.30. The normalized spacial score (nSPS) is 10.8. The molecule has 1 aromatic heterocycles. The topological polar surface area (TPSA) is 12.9 Å². The second-order valence-electron chi connectivity index (χ2n) is 1.94. The van der Waals surface area contributed by atoms with Crippen LogP contribution in [0.15, 0.2) is 6.07 Å². The average molecular weight is 415 g/mol. The highest BCUT2D eigenvalue weighted by molar-refractivity contribution is 14.1. The zero-order valence-corrected chi connectivity index (χ0v) is 10.6. The lowest BCUT2D eigenvalue weighted by Crippen LogP contribution is -1.95. The molecule has 0 spiro atoms.